The average molecular weight is 236 g/mol. The predicted octanol–water partition coefficient (Wildman–Crippen LogP) is 1.83. The van der Waals surface area contributed by atoms with Crippen LogP contribution in [0.4, 0.5) is 8.78 Å². The highest BCUT2D eigenvalue weighted by atomic mass is 32.2. The van der Waals surface area contributed by atoms with Crippen molar-refractivity contribution >= 4 is 15.2 Å². The minimum Gasteiger partial charge on any atom is -0.435 e. The molecule has 0 fully saturated rings. The molecular weight excluding hydrogens is 226 g/mol. The summed E-state index contributed by atoms with van der Waals surface area (Å²) in [5.41, 5.74) is 0.478. The summed E-state index contributed by atoms with van der Waals surface area (Å²) in [4.78, 5) is 0. The first kappa shape index (κ1) is 11.9. The smallest absolute Gasteiger partial charge is 0.387 e. The topological polar surface area (TPSA) is 46.5 Å². The Morgan fingerprint density at radius 2 is 1.93 bits per heavy atom. The number of benzene rings is 1. The summed E-state index contributed by atoms with van der Waals surface area (Å²) < 4.78 is 47.6. The third kappa shape index (κ3) is 4.75. The maximum Gasteiger partial charge on any atom is 0.387 e. The van der Waals surface area contributed by atoms with Crippen molar-refractivity contribution in [1.29, 1.82) is 0 Å². The summed E-state index contributed by atoms with van der Waals surface area (Å²) in [5.74, 6) is 0.0164. The van der Waals surface area contributed by atoms with Crippen LogP contribution in [0.3, 0.4) is 0 Å². The van der Waals surface area contributed by atoms with Gasteiger partial charge in [-0.1, -0.05) is 12.1 Å². The number of hydrogen-bond donors (Lipinski definition) is 1. The number of rotatable bonds is 3. The van der Waals surface area contributed by atoms with Gasteiger partial charge >= 0.3 is 6.61 Å². The van der Waals surface area contributed by atoms with Gasteiger partial charge in [-0.2, -0.15) is 8.78 Å². The SMILES string of the molecule is CS(=O)(O)=Cc1ccc(OC(F)F)cc1. The van der Waals surface area contributed by atoms with Gasteiger partial charge in [0.25, 0.3) is 0 Å². The van der Waals surface area contributed by atoms with Gasteiger partial charge in [-0.15, -0.1) is 0 Å². The molecule has 15 heavy (non-hydrogen) atoms. The Labute approximate surface area is 86.5 Å². The van der Waals surface area contributed by atoms with Gasteiger partial charge in [0.1, 0.15) is 5.75 Å². The number of halogens is 2. The van der Waals surface area contributed by atoms with Crippen molar-refractivity contribution in [2.24, 2.45) is 0 Å². The zero-order valence-electron chi connectivity index (χ0n) is 7.89. The molecule has 1 aromatic carbocycles. The van der Waals surface area contributed by atoms with Crippen molar-refractivity contribution < 1.29 is 22.3 Å². The molecule has 0 saturated carbocycles. The lowest BCUT2D eigenvalue weighted by Crippen LogP contribution is -2.02. The summed E-state index contributed by atoms with van der Waals surface area (Å²) in [6.07, 6.45) is 1.16. The van der Waals surface area contributed by atoms with Gasteiger partial charge < -0.3 is 9.29 Å². The van der Waals surface area contributed by atoms with Gasteiger partial charge in [-0.3, -0.25) is 0 Å². The van der Waals surface area contributed by atoms with Gasteiger partial charge in [0, 0.05) is 11.6 Å². The Kier molecular flexibility index (Phi) is 3.65. The summed E-state index contributed by atoms with van der Waals surface area (Å²) in [6.45, 7) is -2.87. The van der Waals surface area contributed by atoms with Crippen molar-refractivity contribution in [1.82, 2.24) is 0 Å². The van der Waals surface area contributed by atoms with E-state index in [0.29, 0.717) is 5.56 Å². The molecule has 6 heteroatoms. The summed E-state index contributed by atoms with van der Waals surface area (Å²) >= 11 is 0. The van der Waals surface area contributed by atoms with E-state index in [2.05, 4.69) is 4.74 Å². The Morgan fingerprint density at radius 1 is 1.40 bits per heavy atom. The van der Waals surface area contributed by atoms with Crippen LogP contribution in [-0.2, 0) is 9.80 Å². The maximum absolute atomic E-state index is 11.8. The molecule has 1 N–H and O–H groups in total. The van der Waals surface area contributed by atoms with Crippen LogP contribution in [0.15, 0.2) is 24.3 Å². The van der Waals surface area contributed by atoms with Gasteiger partial charge in [-0.05, 0) is 17.7 Å². The van der Waals surface area contributed by atoms with Crippen molar-refractivity contribution in [2.75, 3.05) is 6.26 Å². The van der Waals surface area contributed by atoms with E-state index in [1.807, 2.05) is 0 Å². The molecule has 3 nitrogen and oxygen atoms in total. The van der Waals surface area contributed by atoms with E-state index in [0.717, 1.165) is 11.6 Å². The molecule has 84 valence electrons. The molecule has 1 aromatic rings. The second-order valence-electron chi connectivity index (χ2n) is 2.93. The lowest BCUT2D eigenvalue weighted by molar-refractivity contribution is -0.0498. The first-order valence-electron chi connectivity index (χ1n) is 3.98. The van der Waals surface area contributed by atoms with E-state index in [1.165, 1.54) is 24.3 Å². The fourth-order valence-corrected chi connectivity index (χ4v) is 1.64. The largest absolute Gasteiger partial charge is 0.435 e. The second kappa shape index (κ2) is 4.59. The molecule has 0 aliphatic rings. The van der Waals surface area contributed by atoms with Crippen LogP contribution in [-0.4, -0.2) is 27.0 Å². The molecule has 0 spiro atoms. The molecule has 0 amide bonds. The summed E-state index contributed by atoms with van der Waals surface area (Å²) in [7, 11) is -2.98. The Morgan fingerprint density at radius 3 is 2.33 bits per heavy atom. The zero-order valence-corrected chi connectivity index (χ0v) is 8.71. The van der Waals surface area contributed by atoms with E-state index in [9.17, 15) is 13.0 Å². The Balaban J connectivity index is 2.87. The number of ether oxygens (including phenoxy) is 1. The monoisotopic (exact) mass is 236 g/mol. The van der Waals surface area contributed by atoms with Crippen LogP contribution in [0.5, 0.6) is 5.75 Å². The first-order valence-corrected chi connectivity index (χ1v) is 5.97. The van der Waals surface area contributed by atoms with Crippen molar-refractivity contribution in [3.05, 3.63) is 29.8 Å². The van der Waals surface area contributed by atoms with Crippen LogP contribution >= 0.6 is 0 Å². The van der Waals surface area contributed by atoms with E-state index in [1.54, 1.807) is 0 Å². The lowest BCUT2D eigenvalue weighted by Gasteiger charge is -2.04. The quantitative estimate of drug-likeness (QED) is 0.814. The standard InChI is InChI=1S/C9H10F2O3S/c1-15(12,13)6-7-2-4-8(5-3-7)14-9(10)11/h2-6,9H,1H3,(H,12,13). The highest BCUT2D eigenvalue weighted by molar-refractivity contribution is 7.95. The molecular formula is C9H10F2O3S. The maximum atomic E-state index is 11.8. The van der Waals surface area contributed by atoms with Crippen molar-refractivity contribution in [3.8, 4) is 5.75 Å². The minimum absolute atomic E-state index is 0.0164. The number of alkyl halides is 2. The molecule has 1 rings (SSSR count). The fourth-order valence-electron chi connectivity index (χ4n) is 0.980. The van der Waals surface area contributed by atoms with Crippen LogP contribution in [0.1, 0.15) is 5.56 Å². The minimum atomic E-state index is -2.98. The number of hydrogen-bond acceptors (Lipinski definition) is 2. The average Bonchev–Trinajstić information content (AvgIpc) is 2.05. The second-order valence-corrected chi connectivity index (χ2v) is 4.88. The normalized spacial score (nSPS) is 14.7. The zero-order chi connectivity index (χ0) is 11.5. The summed E-state index contributed by atoms with van der Waals surface area (Å²) in [6, 6.07) is 5.47. The molecule has 1 atom stereocenters. The summed E-state index contributed by atoms with van der Waals surface area (Å²) in [5, 5.41) is 1.15. The van der Waals surface area contributed by atoms with E-state index in [4.69, 9.17) is 4.55 Å². The van der Waals surface area contributed by atoms with Crippen LogP contribution in [0, 0.1) is 0 Å². The van der Waals surface area contributed by atoms with Gasteiger partial charge in [0.05, 0.1) is 9.80 Å². The van der Waals surface area contributed by atoms with Gasteiger partial charge in [0.2, 0.25) is 0 Å². The van der Waals surface area contributed by atoms with Crippen molar-refractivity contribution in [3.63, 3.8) is 0 Å². The van der Waals surface area contributed by atoms with Crippen LogP contribution in [0.25, 0.3) is 0 Å². The van der Waals surface area contributed by atoms with Crippen LogP contribution < -0.4 is 4.74 Å². The lowest BCUT2D eigenvalue weighted by atomic mass is 10.2. The van der Waals surface area contributed by atoms with Gasteiger partial charge in [0.15, 0.2) is 0 Å². The highest BCUT2D eigenvalue weighted by Gasteiger charge is 2.03. The Bertz CT molecular complexity index is 425. The first-order chi connectivity index (χ1) is 6.87. The fraction of sp³-hybridized carbons (Fsp3) is 0.222. The molecule has 0 saturated heterocycles. The molecule has 0 bridgehead atoms. The molecule has 0 aliphatic heterocycles. The highest BCUT2D eigenvalue weighted by Crippen LogP contribution is 2.14. The van der Waals surface area contributed by atoms with Gasteiger partial charge in [-0.25, -0.2) is 4.21 Å². The molecule has 0 radical (unpaired) electrons. The third-order valence-corrected chi connectivity index (χ3v) is 2.17. The van der Waals surface area contributed by atoms with Crippen molar-refractivity contribution in [2.45, 2.75) is 6.61 Å². The predicted molar refractivity (Wildman–Crippen MR) is 54.9 cm³/mol. The molecule has 1 unspecified atom stereocenters. The third-order valence-electron chi connectivity index (χ3n) is 1.46. The molecule has 0 aliphatic carbocycles. The van der Waals surface area contributed by atoms with E-state index in [-0.39, 0.29) is 5.75 Å². The van der Waals surface area contributed by atoms with E-state index < -0.39 is 16.4 Å². The molecule has 0 aromatic heterocycles. The Hall–Kier alpha value is -1.14. The molecule has 0 heterocycles. The van der Waals surface area contributed by atoms with E-state index >= 15 is 0 Å². The van der Waals surface area contributed by atoms with Crippen LogP contribution in [0.2, 0.25) is 0 Å².